The van der Waals surface area contributed by atoms with Crippen LogP contribution in [0.3, 0.4) is 0 Å². The van der Waals surface area contributed by atoms with Crippen LogP contribution in [0.25, 0.3) is 11.0 Å². The summed E-state index contributed by atoms with van der Waals surface area (Å²) in [7, 11) is 1.75. The van der Waals surface area contributed by atoms with Crippen molar-refractivity contribution in [3.63, 3.8) is 0 Å². The predicted molar refractivity (Wildman–Crippen MR) is 80.0 cm³/mol. The first-order valence-corrected chi connectivity index (χ1v) is 6.94. The van der Waals surface area contributed by atoms with Gasteiger partial charge >= 0.3 is 0 Å². The molecule has 5 nitrogen and oxygen atoms in total. The highest BCUT2D eigenvalue weighted by Crippen LogP contribution is 2.30. The highest BCUT2D eigenvalue weighted by molar-refractivity contribution is 5.94. The smallest absolute Gasteiger partial charge is 0.255 e. The molecule has 0 unspecified atom stereocenters. The summed E-state index contributed by atoms with van der Waals surface area (Å²) >= 11 is 0. The van der Waals surface area contributed by atoms with Crippen LogP contribution >= 0.6 is 0 Å². The zero-order chi connectivity index (χ0) is 15.9. The number of amides is 1. The molecule has 114 valence electrons. The predicted octanol–water partition coefficient (Wildman–Crippen LogP) is 3.10. The number of hydrogen-bond acceptors (Lipinski definition) is 3. The molecule has 2 heterocycles. The number of rotatable bonds is 3. The van der Waals surface area contributed by atoms with Crippen LogP contribution in [0.2, 0.25) is 0 Å². The molecule has 0 saturated heterocycles. The number of aryl methyl sites for hydroxylation is 2. The summed E-state index contributed by atoms with van der Waals surface area (Å²) in [4.78, 5) is 12.2. The van der Waals surface area contributed by atoms with Gasteiger partial charge < -0.3 is 9.73 Å². The third kappa shape index (κ3) is 2.47. The third-order valence-corrected chi connectivity index (χ3v) is 3.64. The molecule has 0 spiro atoms. The van der Waals surface area contributed by atoms with Gasteiger partial charge in [0.1, 0.15) is 17.2 Å². The van der Waals surface area contributed by atoms with Gasteiger partial charge in [-0.15, -0.1) is 0 Å². The molecule has 0 aliphatic heterocycles. The highest BCUT2D eigenvalue weighted by Gasteiger charge is 2.19. The average molecular weight is 301 g/mol. The first-order chi connectivity index (χ1) is 10.5. The van der Waals surface area contributed by atoms with Gasteiger partial charge in [0.25, 0.3) is 5.91 Å². The lowest BCUT2D eigenvalue weighted by molar-refractivity contribution is 0.0935. The maximum Gasteiger partial charge on any atom is 0.255 e. The maximum absolute atomic E-state index is 13.3. The van der Waals surface area contributed by atoms with Crippen molar-refractivity contribution < 1.29 is 13.6 Å². The standard InChI is InChI=1S/C16H16FN3O2/c1-9-13-6-12(17)4-5-14(13)22-15(9)10(2)19-16(21)11-7-18-20(3)8-11/h4-8,10H,1-3H3,(H,19,21)/t10-/m1/s1. The summed E-state index contributed by atoms with van der Waals surface area (Å²) in [5.41, 5.74) is 1.92. The summed E-state index contributed by atoms with van der Waals surface area (Å²) < 4.78 is 20.7. The van der Waals surface area contributed by atoms with Crippen molar-refractivity contribution in [2.75, 3.05) is 0 Å². The molecule has 1 N–H and O–H groups in total. The molecule has 0 bridgehead atoms. The Balaban J connectivity index is 1.87. The van der Waals surface area contributed by atoms with Crippen LogP contribution in [-0.2, 0) is 7.05 Å². The number of nitrogens with one attached hydrogen (secondary N) is 1. The van der Waals surface area contributed by atoms with Crippen molar-refractivity contribution >= 4 is 16.9 Å². The van der Waals surface area contributed by atoms with E-state index in [1.54, 1.807) is 24.0 Å². The fraction of sp³-hybridized carbons (Fsp3) is 0.250. The zero-order valence-electron chi connectivity index (χ0n) is 12.6. The fourth-order valence-electron chi connectivity index (χ4n) is 2.51. The van der Waals surface area contributed by atoms with Gasteiger partial charge in [0, 0.05) is 24.2 Å². The van der Waals surface area contributed by atoms with Gasteiger partial charge in [-0.05, 0) is 32.0 Å². The van der Waals surface area contributed by atoms with Crippen molar-refractivity contribution in [3.05, 3.63) is 53.3 Å². The van der Waals surface area contributed by atoms with E-state index < -0.39 is 0 Å². The van der Waals surface area contributed by atoms with Crippen LogP contribution in [0.1, 0.15) is 34.6 Å². The Bertz CT molecular complexity index is 850. The van der Waals surface area contributed by atoms with Gasteiger partial charge in [0.15, 0.2) is 0 Å². The second-order valence-corrected chi connectivity index (χ2v) is 5.33. The molecular formula is C16H16FN3O2. The third-order valence-electron chi connectivity index (χ3n) is 3.64. The molecule has 1 aromatic carbocycles. The van der Waals surface area contributed by atoms with Gasteiger partial charge in [0.2, 0.25) is 0 Å². The number of aromatic nitrogens is 2. The van der Waals surface area contributed by atoms with Crippen molar-refractivity contribution in [1.29, 1.82) is 0 Å². The van der Waals surface area contributed by atoms with Crippen molar-refractivity contribution in [2.45, 2.75) is 19.9 Å². The number of carbonyl (C=O) groups is 1. The lowest BCUT2D eigenvalue weighted by Crippen LogP contribution is -2.26. The normalized spacial score (nSPS) is 12.5. The Labute approximate surface area is 126 Å². The van der Waals surface area contributed by atoms with Crippen molar-refractivity contribution in [2.24, 2.45) is 7.05 Å². The monoisotopic (exact) mass is 301 g/mol. The number of nitrogens with zero attached hydrogens (tertiary/aromatic N) is 2. The summed E-state index contributed by atoms with van der Waals surface area (Å²) in [6, 6.07) is 4.06. The maximum atomic E-state index is 13.3. The van der Waals surface area contributed by atoms with Gasteiger partial charge in [-0.3, -0.25) is 9.48 Å². The summed E-state index contributed by atoms with van der Waals surface area (Å²) in [5.74, 6) is 0.0828. The molecule has 0 aliphatic carbocycles. The Hall–Kier alpha value is -2.63. The largest absolute Gasteiger partial charge is 0.459 e. The first kappa shape index (κ1) is 14.3. The molecule has 3 rings (SSSR count). The molecule has 0 fully saturated rings. The van der Waals surface area contributed by atoms with Gasteiger partial charge in [-0.1, -0.05) is 0 Å². The summed E-state index contributed by atoms with van der Waals surface area (Å²) in [5, 5.41) is 7.55. The molecule has 0 radical (unpaired) electrons. The van der Waals surface area contributed by atoms with E-state index in [-0.39, 0.29) is 17.8 Å². The molecule has 22 heavy (non-hydrogen) atoms. The number of carbonyl (C=O) groups excluding carboxylic acids is 1. The Morgan fingerprint density at radius 2 is 2.23 bits per heavy atom. The van der Waals surface area contributed by atoms with E-state index in [9.17, 15) is 9.18 Å². The van der Waals surface area contributed by atoms with Gasteiger partial charge in [-0.25, -0.2) is 4.39 Å². The van der Waals surface area contributed by atoms with E-state index in [2.05, 4.69) is 10.4 Å². The molecule has 0 saturated carbocycles. The number of furan rings is 1. The van der Waals surface area contributed by atoms with E-state index in [1.807, 2.05) is 13.8 Å². The average Bonchev–Trinajstić information content (AvgIpc) is 3.04. The Morgan fingerprint density at radius 1 is 1.45 bits per heavy atom. The van der Waals surface area contributed by atoms with E-state index in [0.29, 0.717) is 16.9 Å². The van der Waals surface area contributed by atoms with Gasteiger partial charge in [-0.2, -0.15) is 5.10 Å². The van der Waals surface area contributed by atoms with Crippen LogP contribution in [0.5, 0.6) is 0 Å². The molecule has 0 aliphatic rings. The highest BCUT2D eigenvalue weighted by atomic mass is 19.1. The van der Waals surface area contributed by atoms with Crippen LogP contribution in [-0.4, -0.2) is 15.7 Å². The molecule has 1 amide bonds. The van der Waals surface area contributed by atoms with E-state index in [4.69, 9.17) is 4.42 Å². The summed E-state index contributed by atoms with van der Waals surface area (Å²) in [6.45, 7) is 3.68. The lowest BCUT2D eigenvalue weighted by atomic mass is 10.1. The second-order valence-electron chi connectivity index (χ2n) is 5.33. The van der Waals surface area contributed by atoms with Gasteiger partial charge in [0.05, 0.1) is 17.8 Å². The first-order valence-electron chi connectivity index (χ1n) is 6.94. The fourth-order valence-corrected chi connectivity index (χ4v) is 2.51. The summed E-state index contributed by atoms with van der Waals surface area (Å²) in [6.07, 6.45) is 3.14. The van der Waals surface area contributed by atoms with Crippen LogP contribution in [0.4, 0.5) is 4.39 Å². The quantitative estimate of drug-likeness (QED) is 0.808. The molecule has 3 aromatic rings. The van der Waals surface area contributed by atoms with E-state index in [1.165, 1.54) is 18.3 Å². The van der Waals surface area contributed by atoms with Crippen LogP contribution in [0, 0.1) is 12.7 Å². The van der Waals surface area contributed by atoms with Crippen LogP contribution in [0.15, 0.2) is 35.0 Å². The SMILES string of the molecule is Cc1c([C@@H](C)NC(=O)c2cnn(C)c2)oc2ccc(F)cc12. The number of fused-ring (bicyclic) bond motifs is 1. The Kier molecular flexibility index (Phi) is 3.44. The lowest BCUT2D eigenvalue weighted by Gasteiger charge is -2.11. The molecule has 1 atom stereocenters. The Morgan fingerprint density at radius 3 is 2.91 bits per heavy atom. The van der Waals surface area contributed by atoms with E-state index in [0.717, 1.165) is 10.9 Å². The number of hydrogen-bond donors (Lipinski definition) is 1. The van der Waals surface area contributed by atoms with Crippen molar-refractivity contribution in [1.82, 2.24) is 15.1 Å². The van der Waals surface area contributed by atoms with E-state index >= 15 is 0 Å². The number of benzene rings is 1. The minimum Gasteiger partial charge on any atom is -0.459 e. The van der Waals surface area contributed by atoms with Crippen molar-refractivity contribution in [3.8, 4) is 0 Å². The minimum absolute atomic E-state index is 0.230. The van der Waals surface area contributed by atoms with Crippen LogP contribution < -0.4 is 5.32 Å². The number of halogens is 1. The minimum atomic E-state index is -0.330. The molecule has 6 heteroatoms. The zero-order valence-corrected chi connectivity index (χ0v) is 12.6. The second kappa shape index (κ2) is 5.29. The molecule has 2 aromatic heterocycles. The molecular weight excluding hydrogens is 285 g/mol. The topological polar surface area (TPSA) is 60.1 Å².